The fourth-order valence-corrected chi connectivity index (χ4v) is 26.8. The minimum Gasteiger partial charge on any atom is -0.472 e. The monoisotopic (exact) mass is 1040 g/mol. The molecule has 6 bridgehead atoms. The second-order valence-electron chi connectivity index (χ2n) is 20.5. The standard InChI is InChI=1S/C60H62N8O4Si3/c1-11-13-15-17-19-29-39-69-73(41(3)4,42(5)6)71-75(72-74(43(7)8,44(9)10)70-40-30-20-18-16-14-12-2)67-57-49-35-25-26-36-50(49)59(67)65-55-47-33-23-24-34-48(47)56(62-55)66-60-52-38-28-27-37-51(52)58(68(60)75)64-54-46-32-22-21-31-45(46)53(61-54)63-57/h1,21-28,31-38,41-44H,12,14,16,18,20,30,40H2,2-10H3. The lowest BCUT2D eigenvalue weighted by Crippen LogP contribution is -2.74. The van der Waals surface area contributed by atoms with E-state index >= 15 is 0 Å². The molecule has 0 saturated carbocycles. The highest BCUT2D eigenvalue weighted by molar-refractivity contribution is 6.87. The van der Waals surface area contributed by atoms with Gasteiger partial charge in [-0.3, -0.25) is 8.47 Å². The predicted octanol–water partition coefficient (Wildman–Crippen LogP) is 11.9. The van der Waals surface area contributed by atoms with Crippen LogP contribution in [-0.4, -0.2) is 64.4 Å². The molecule has 2 aromatic heterocycles. The van der Waals surface area contributed by atoms with Crippen molar-refractivity contribution in [3.63, 3.8) is 0 Å². The van der Waals surface area contributed by atoms with Crippen molar-refractivity contribution in [3.05, 3.63) is 130 Å². The van der Waals surface area contributed by atoms with Gasteiger partial charge < -0.3 is 17.1 Å². The molecule has 1 atom stereocenters. The lowest BCUT2D eigenvalue weighted by atomic mass is 10.1. The number of amidine groups is 4. The molecule has 4 aliphatic heterocycles. The quantitative estimate of drug-likeness (QED) is 0.0513. The van der Waals surface area contributed by atoms with Gasteiger partial charge in [0.15, 0.2) is 23.3 Å². The maximum Gasteiger partial charge on any atom is 0.586 e. The smallest absolute Gasteiger partial charge is 0.472 e. The van der Waals surface area contributed by atoms with Crippen LogP contribution in [0.4, 0.5) is 11.6 Å². The van der Waals surface area contributed by atoms with Crippen LogP contribution in [0.5, 0.6) is 0 Å². The Hall–Kier alpha value is -7.19. The molecule has 6 heterocycles. The van der Waals surface area contributed by atoms with Gasteiger partial charge in [-0.25, -0.2) is 30.0 Å². The molecule has 378 valence electrons. The van der Waals surface area contributed by atoms with Crippen LogP contribution in [0.1, 0.15) is 123 Å². The molecule has 0 fully saturated rings. The zero-order chi connectivity index (χ0) is 52.5. The SMILES string of the molecule is C#CC#CC#CC#CO[Si](O[Si]1(O[Si](OCCCCCCCC)(C(C)C)C(C)C)n2c3c4ccccc4c2N=C2N=C(N=c4c5ccccc5c(n41)=NC1=NC(=N3)c3ccccc31)c1ccccc12)(C(C)C)C(C)C. The van der Waals surface area contributed by atoms with Crippen LogP contribution in [0, 0.1) is 48.1 Å². The Kier molecular flexibility index (Phi) is 14.5. The van der Waals surface area contributed by atoms with Gasteiger partial charge in [0.1, 0.15) is 28.7 Å². The van der Waals surface area contributed by atoms with Crippen LogP contribution < -0.4 is 11.0 Å². The summed E-state index contributed by atoms with van der Waals surface area (Å²) < 4.78 is 36.5. The van der Waals surface area contributed by atoms with E-state index in [4.69, 9.17) is 53.5 Å². The van der Waals surface area contributed by atoms with Crippen LogP contribution in [0.15, 0.2) is 127 Å². The summed E-state index contributed by atoms with van der Waals surface area (Å²) in [5.41, 5.74) is 3.83. The van der Waals surface area contributed by atoms with E-state index < -0.39 is 26.0 Å². The fourth-order valence-electron chi connectivity index (χ4n) is 10.9. The number of aliphatic imine (C=N–C) groups is 4. The minimum atomic E-state index is -4.86. The van der Waals surface area contributed by atoms with Crippen molar-refractivity contribution in [2.24, 2.45) is 30.0 Å². The number of terminal acetylenes is 1. The van der Waals surface area contributed by atoms with Crippen molar-refractivity contribution in [1.82, 2.24) is 8.47 Å². The third-order valence-corrected chi connectivity index (χ3v) is 28.7. The van der Waals surface area contributed by atoms with Crippen molar-refractivity contribution in [1.29, 1.82) is 0 Å². The summed E-state index contributed by atoms with van der Waals surface area (Å²) >= 11 is 0. The summed E-state index contributed by atoms with van der Waals surface area (Å²) in [5.74, 6) is 19.1. The normalized spacial score (nSPS) is 16.0. The maximum atomic E-state index is 8.76. The number of benzene rings is 4. The van der Waals surface area contributed by atoms with Crippen molar-refractivity contribution in [2.45, 2.75) is 123 Å². The molecular weight excluding hydrogens is 981 g/mol. The summed E-state index contributed by atoms with van der Waals surface area (Å²) in [6, 6.07) is 32.8. The van der Waals surface area contributed by atoms with Crippen LogP contribution in [-0.2, 0) is 17.1 Å². The van der Waals surface area contributed by atoms with E-state index in [1.165, 1.54) is 19.3 Å². The molecule has 4 aliphatic rings. The first kappa shape index (κ1) is 51.3. The van der Waals surface area contributed by atoms with Crippen molar-refractivity contribution < 1.29 is 17.1 Å². The van der Waals surface area contributed by atoms with Gasteiger partial charge in [0.05, 0.1) is 0 Å². The van der Waals surface area contributed by atoms with Gasteiger partial charge >= 0.3 is 26.0 Å². The second kappa shape index (κ2) is 21.2. The molecule has 75 heavy (non-hydrogen) atoms. The van der Waals surface area contributed by atoms with Crippen molar-refractivity contribution in [2.75, 3.05) is 6.61 Å². The van der Waals surface area contributed by atoms with Crippen molar-refractivity contribution in [3.8, 4) is 48.1 Å². The number of aromatic nitrogens is 2. The first-order valence-electron chi connectivity index (χ1n) is 26.3. The number of hydrogen-bond donors (Lipinski definition) is 0. The van der Waals surface area contributed by atoms with Gasteiger partial charge in [-0.05, 0) is 35.3 Å². The van der Waals surface area contributed by atoms with Gasteiger partial charge in [0.2, 0.25) is 0 Å². The van der Waals surface area contributed by atoms with Crippen molar-refractivity contribution >= 4 is 82.5 Å². The molecule has 12 nitrogen and oxygen atoms in total. The molecule has 0 radical (unpaired) electrons. The van der Waals surface area contributed by atoms with Crippen LogP contribution >= 0.6 is 0 Å². The minimum absolute atomic E-state index is 0.0990. The Morgan fingerprint density at radius 2 is 0.893 bits per heavy atom. The van der Waals surface area contributed by atoms with E-state index in [9.17, 15) is 0 Å². The molecule has 0 spiro atoms. The number of hydrogen-bond acceptors (Lipinski definition) is 10. The van der Waals surface area contributed by atoms with Gasteiger partial charge in [-0.15, -0.1) is 6.42 Å². The van der Waals surface area contributed by atoms with E-state index in [2.05, 4.69) is 161 Å². The average Bonchev–Trinajstić information content (AvgIpc) is 4.20. The summed E-state index contributed by atoms with van der Waals surface area (Å²) in [6.07, 6.45) is 15.1. The second-order valence-corrected chi connectivity index (χ2v) is 32.1. The number of rotatable bonds is 17. The Balaban J connectivity index is 1.43. The Morgan fingerprint density at radius 3 is 1.37 bits per heavy atom. The topological polar surface area (TPSA) is 121 Å². The Bertz CT molecular complexity index is 3580. The van der Waals surface area contributed by atoms with Crippen LogP contribution in [0.25, 0.3) is 21.5 Å². The number of fused-ring (bicyclic) bond motifs is 14. The fraction of sp³-hybridized carbons (Fsp3) is 0.333. The molecule has 6 aromatic rings. The average molecular weight is 1040 g/mol. The largest absolute Gasteiger partial charge is 0.586 e. The number of unbranched alkanes of at least 4 members (excludes halogenated alkanes) is 5. The van der Waals surface area contributed by atoms with E-state index in [0.29, 0.717) is 52.6 Å². The van der Waals surface area contributed by atoms with Gasteiger partial charge in [-0.2, -0.15) is 0 Å². The molecule has 15 heteroatoms. The summed E-state index contributed by atoms with van der Waals surface area (Å²) in [4.78, 5) is 33.5. The zero-order valence-electron chi connectivity index (χ0n) is 44.3. The third-order valence-electron chi connectivity index (χ3n) is 14.5. The molecule has 0 amide bonds. The molecule has 0 N–H and O–H groups in total. The first-order chi connectivity index (χ1) is 36.4. The number of nitrogens with zero attached hydrogens (tertiary/aromatic N) is 8. The van der Waals surface area contributed by atoms with E-state index in [-0.39, 0.29) is 22.2 Å². The third kappa shape index (κ3) is 8.98. The van der Waals surface area contributed by atoms with Crippen LogP contribution in [0.2, 0.25) is 22.2 Å². The molecule has 0 aliphatic carbocycles. The van der Waals surface area contributed by atoms with E-state index in [0.717, 1.165) is 63.1 Å². The Morgan fingerprint density at radius 1 is 0.480 bits per heavy atom. The highest BCUT2D eigenvalue weighted by Gasteiger charge is 2.66. The predicted molar refractivity (Wildman–Crippen MR) is 308 cm³/mol. The molecule has 4 aromatic carbocycles. The maximum absolute atomic E-state index is 8.76. The summed E-state index contributed by atoms with van der Waals surface area (Å²) in [7, 11) is -12.3. The Labute approximate surface area is 443 Å². The van der Waals surface area contributed by atoms with E-state index in [1.54, 1.807) is 0 Å². The summed E-state index contributed by atoms with van der Waals surface area (Å²) in [5, 5.41) is 3.27. The first-order valence-corrected chi connectivity index (χ1v) is 32.0. The highest BCUT2D eigenvalue weighted by atomic mass is 28.5. The zero-order valence-corrected chi connectivity index (χ0v) is 47.3. The molecule has 1 unspecified atom stereocenters. The molecular formula is C60H62N8O4Si3. The lowest BCUT2D eigenvalue weighted by Gasteiger charge is -2.48. The highest BCUT2D eigenvalue weighted by Crippen LogP contribution is 2.49. The van der Waals surface area contributed by atoms with E-state index in [1.807, 2.05) is 48.5 Å². The van der Waals surface area contributed by atoms with Gasteiger partial charge in [0, 0.05) is 79.2 Å². The molecule has 10 rings (SSSR count). The summed E-state index contributed by atoms with van der Waals surface area (Å²) in [6.45, 7) is 20.2. The van der Waals surface area contributed by atoms with Crippen LogP contribution in [0.3, 0.4) is 0 Å². The van der Waals surface area contributed by atoms with Gasteiger partial charge in [-0.1, -0.05) is 191 Å². The lowest BCUT2D eigenvalue weighted by molar-refractivity contribution is 0.176. The molecule has 0 saturated heterocycles. The van der Waals surface area contributed by atoms with Gasteiger partial charge in [0.25, 0.3) is 0 Å².